The maximum absolute atomic E-state index is 12.6. The number of nitrogens with zero attached hydrogens (tertiary/aromatic N) is 5. The summed E-state index contributed by atoms with van der Waals surface area (Å²) in [6.45, 7) is 3.78. The highest BCUT2D eigenvalue weighted by Gasteiger charge is 2.27. The van der Waals surface area contributed by atoms with Gasteiger partial charge in [0.25, 0.3) is 0 Å². The van der Waals surface area contributed by atoms with Crippen LogP contribution in [0.25, 0.3) is 0 Å². The number of pyridine rings is 1. The number of carbonyl (C=O) groups excluding carboxylic acids is 1. The zero-order valence-corrected chi connectivity index (χ0v) is 14.6. The smallest absolute Gasteiger partial charge is 0.225 e. The fourth-order valence-corrected chi connectivity index (χ4v) is 3.15. The summed E-state index contributed by atoms with van der Waals surface area (Å²) >= 11 is 0. The van der Waals surface area contributed by atoms with Crippen molar-refractivity contribution < 1.29 is 4.79 Å². The van der Waals surface area contributed by atoms with Crippen molar-refractivity contribution in [2.24, 2.45) is 13.0 Å². The SMILES string of the molecule is Cc1ccc(C#N)c(N2CCCC(C(=O)NCc3ccnn3C)C2)n1. The molecule has 130 valence electrons. The zero-order valence-electron chi connectivity index (χ0n) is 14.6. The number of rotatable bonds is 4. The van der Waals surface area contributed by atoms with Gasteiger partial charge in [-0.15, -0.1) is 0 Å². The summed E-state index contributed by atoms with van der Waals surface area (Å²) in [6, 6.07) is 7.72. The number of amides is 1. The molecule has 2 aromatic heterocycles. The van der Waals surface area contributed by atoms with Crippen molar-refractivity contribution in [2.75, 3.05) is 18.0 Å². The molecule has 2 aromatic rings. The predicted molar refractivity (Wildman–Crippen MR) is 93.7 cm³/mol. The van der Waals surface area contributed by atoms with Crippen LogP contribution < -0.4 is 10.2 Å². The lowest BCUT2D eigenvalue weighted by Crippen LogP contribution is -2.43. The van der Waals surface area contributed by atoms with Gasteiger partial charge in [0.1, 0.15) is 11.9 Å². The molecule has 3 rings (SSSR count). The van der Waals surface area contributed by atoms with Crippen molar-refractivity contribution in [2.45, 2.75) is 26.3 Å². The number of aromatic nitrogens is 3. The maximum atomic E-state index is 12.6. The fourth-order valence-electron chi connectivity index (χ4n) is 3.15. The molecule has 1 unspecified atom stereocenters. The number of hydrogen-bond acceptors (Lipinski definition) is 5. The average Bonchev–Trinajstić information content (AvgIpc) is 3.04. The normalized spacial score (nSPS) is 17.2. The van der Waals surface area contributed by atoms with Crippen molar-refractivity contribution in [3.63, 3.8) is 0 Å². The number of carbonyl (C=O) groups is 1. The first kappa shape index (κ1) is 17.0. The Kier molecular flexibility index (Phi) is 4.98. The van der Waals surface area contributed by atoms with Crippen LogP contribution in [0.15, 0.2) is 24.4 Å². The number of nitrogens with one attached hydrogen (secondary N) is 1. The van der Waals surface area contributed by atoms with Crippen LogP contribution in [-0.4, -0.2) is 33.8 Å². The first-order chi connectivity index (χ1) is 12.1. The van der Waals surface area contributed by atoms with Crippen LogP contribution in [0.4, 0.5) is 5.82 Å². The Labute approximate surface area is 147 Å². The quantitative estimate of drug-likeness (QED) is 0.913. The molecule has 1 atom stereocenters. The van der Waals surface area contributed by atoms with E-state index < -0.39 is 0 Å². The molecular weight excluding hydrogens is 316 g/mol. The second kappa shape index (κ2) is 7.34. The predicted octanol–water partition coefficient (Wildman–Crippen LogP) is 1.53. The monoisotopic (exact) mass is 338 g/mol. The van der Waals surface area contributed by atoms with E-state index in [9.17, 15) is 10.1 Å². The van der Waals surface area contributed by atoms with E-state index in [2.05, 4.69) is 26.4 Å². The largest absolute Gasteiger partial charge is 0.355 e. The highest BCUT2D eigenvalue weighted by Crippen LogP contribution is 2.25. The molecule has 1 N–H and O–H groups in total. The second-order valence-electron chi connectivity index (χ2n) is 6.38. The minimum atomic E-state index is -0.101. The molecule has 1 aliphatic rings. The van der Waals surface area contributed by atoms with Gasteiger partial charge >= 0.3 is 0 Å². The highest BCUT2D eigenvalue weighted by molar-refractivity contribution is 5.79. The first-order valence-corrected chi connectivity index (χ1v) is 8.45. The van der Waals surface area contributed by atoms with Gasteiger partial charge in [0.05, 0.1) is 23.7 Å². The Morgan fingerprint density at radius 2 is 2.28 bits per heavy atom. The molecule has 7 heteroatoms. The molecule has 7 nitrogen and oxygen atoms in total. The van der Waals surface area contributed by atoms with E-state index in [4.69, 9.17) is 0 Å². The first-order valence-electron chi connectivity index (χ1n) is 8.45. The molecule has 0 bridgehead atoms. The zero-order chi connectivity index (χ0) is 17.8. The Hall–Kier alpha value is -2.88. The Bertz CT molecular complexity index is 806. The van der Waals surface area contributed by atoms with Crippen molar-refractivity contribution >= 4 is 11.7 Å². The van der Waals surface area contributed by atoms with Crippen LogP contribution >= 0.6 is 0 Å². The molecule has 1 aliphatic heterocycles. The van der Waals surface area contributed by atoms with E-state index in [1.165, 1.54) is 0 Å². The van der Waals surface area contributed by atoms with Crippen molar-refractivity contribution in [1.29, 1.82) is 5.26 Å². The van der Waals surface area contributed by atoms with Crippen LogP contribution in [0, 0.1) is 24.2 Å². The minimum Gasteiger partial charge on any atom is -0.355 e. The standard InChI is InChI=1S/C18H22N6O/c1-13-5-6-14(10-19)17(22-13)24-9-3-4-15(12-24)18(25)20-11-16-7-8-21-23(16)2/h5-8,15H,3-4,9,11-12H2,1-2H3,(H,20,25). The third kappa shape index (κ3) is 3.79. The van der Waals surface area contributed by atoms with Crippen LogP contribution in [0.5, 0.6) is 0 Å². The van der Waals surface area contributed by atoms with E-state index in [1.807, 2.05) is 26.1 Å². The van der Waals surface area contributed by atoms with E-state index in [0.717, 1.165) is 30.8 Å². The molecule has 1 fully saturated rings. The Balaban J connectivity index is 1.67. The van der Waals surface area contributed by atoms with Crippen molar-refractivity contribution in [3.8, 4) is 6.07 Å². The number of nitriles is 1. The fraction of sp³-hybridized carbons (Fsp3) is 0.444. The lowest BCUT2D eigenvalue weighted by molar-refractivity contribution is -0.125. The molecule has 0 radical (unpaired) electrons. The van der Waals surface area contributed by atoms with E-state index in [-0.39, 0.29) is 11.8 Å². The van der Waals surface area contributed by atoms with Gasteiger partial charge in [-0.3, -0.25) is 9.48 Å². The summed E-state index contributed by atoms with van der Waals surface area (Å²) in [5.41, 5.74) is 2.39. The molecule has 1 amide bonds. The minimum absolute atomic E-state index is 0.0389. The van der Waals surface area contributed by atoms with Gasteiger partial charge in [0.2, 0.25) is 5.91 Å². The van der Waals surface area contributed by atoms with Gasteiger partial charge in [-0.2, -0.15) is 10.4 Å². The summed E-state index contributed by atoms with van der Waals surface area (Å²) in [5, 5.41) is 16.4. The van der Waals surface area contributed by atoms with E-state index in [0.29, 0.717) is 24.5 Å². The highest BCUT2D eigenvalue weighted by atomic mass is 16.1. The molecule has 0 aromatic carbocycles. The molecule has 0 spiro atoms. The summed E-state index contributed by atoms with van der Waals surface area (Å²) in [6.07, 6.45) is 3.47. The number of hydrogen-bond donors (Lipinski definition) is 1. The van der Waals surface area contributed by atoms with E-state index in [1.54, 1.807) is 16.9 Å². The van der Waals surface area contributed by atoms with Crippen LogP contribution in [0.3, 0.4) is 0 Å². The Morgan fingerprint density at radius 3 is 3.00 bits per heavy atom. The van der Waals surface area contributed by atoms with E-state index >= 15 is 0 Å². The third-order valence-corrected chi connectivity index (χ3v) is 4.59. The lowest BCUT2D eigenvalue weighted by atomic mass is 9.96. The topological polar surface area (TPSA) is 86.8 Å². The number of anilines is 1. The van der Waals surface area contributed by atoms with Crippen molar-refractivity contribution in [3.05, 3.63) is 41.3 Å². The van der Waals surface area contributed by atoms with Gasteiger partial charge in [-0.1, -0.05) is 0 Å². The van der Waals surface area contributed by atoms with Gasteiger partial charge in [0.15, 0.2) is 0 Å². The molecule has 25 heavy (non-hydrogen) atoms. The molecule has 3 heterocycles. The van der Waals surface area contributed by atoms with Gasteiger partial charge in [-0.25, -0.2) is 4.98 Å². The average molecular weight is 338 g/mol. The summed E-state index contributed by atoms with van der Waals surface area (Å²) < 4.78 is 1.75. The van der Waals surface area contributed by atoms with Crippen LogP contribution in [0.2, 0.25) is 0 Å². The summed E-state index contributed by atoms with van der Waals surface area (Å²) in [7, 11) is 1.86. The number of piperidine rings is 1. The number of aryl methyl sites for hydroxylation is 2. The third-order valence-electron chi connectivity index (χ3n) is 4.59. The summed E-state index contributed by atoms with van der Waals surface area (Å²) in [5.74, 6) is 0.625. The molecule has 0 aliphatic carbocycles. The Morgan fingerprint density at radius 1 is 1.44 bits per heavy atom. The van der Waals surface area contributed by atoms with Crippen LogP contribution in [-0.2, 0) is 18.4 Å². The van der Waals surface area contributed by atoms with Gasteiger partial charge in [0, 0.05) is 32.0 Å². The lowest BCUT2D eigenvalue weighted by Gasteiger charge is -2.33. The molecule has 1 saturated heterocycles. The van der Waals surface area contributed by atoms with Gasteiger partial charge < -0.3 is 10.2 Å². The summed E-state index contributed by atoms with van der Waals surface area (Å²) in [4.78, 5) is 19.1. The molecular formula is C18H22N6O. The molecule has 0 saturated carbocycles. The van der Waals surface area contributed by atoms with Gasteiger partial charge in [-0.05, 0) is 38.0 Å². The maximum Gasteiger partial charge on any atom is 0.225 e. The van der Waals surface area contributed by atoms with Crippen LogP contribution in [0.1, 0.15) is 29.8 Å². The van der Waals surface area contributed by atoms with Crippen molar-refractivity contribution in [1.82, 2.24) is 20.1 Å². The second-order valence-corrected chi connectivity index (χ2v) is 6.38.